The lowest BCUT2D eigenvalue weighted by Crippen LogP contribution is -2.30. The Morgan fingerprint density at radius 1 is 1.14 bits per heavy atom. The van der Waals surface area contributed by atoms with Gasteiger partial charge in [0.05, 0.1) is 34.1 Å². The predicted octanol–water partition coefficient (Wildman–Crippen LogP) is 5.18. The third-order valence-corrected chi connectivity index (χ3v) is 8.56. The number of aromatic nitrogens is 3. The maximum atomic E-state index is 14.0. The van der Waals surface area contributed by atoms with Crippen molar-refractivity contribution in [1.29, 1.82) is 0 Å². The number of fused-ring (bicyclic) bond motifs is 3. The van der Waals surface area contributed by atoms with E-state index < -0.39 is 0 Å². The summed E-state index contributed by atoms with van der Waals surface area (Å²) >= 11 is 2.75. The minimum Gasteiger partial charge on any atom is -0.497 e. The van der Waals surface area contributed by atoms with Crippen LogP contribution in [0, 0.1) is 6.92 Å². The molecule has 1 aliphatic rings. The average Bonchev–Trinajstić information content (AvgIpc) is 3.59. The highest BCUT2D eigenvalue weighted by Crippen LogP contribution is 2.35. The van der Waals surface area contributed by atoms with E-state index in [2.05, 4.69) is 0 Å². The van der Waals surface area contributed by atoms with Gasteiger partial charge in [0.15, 0.2) is 5.13 Å². The van der Waals surface area contributed by atoms with Crippen LogP contribution in [0.4, 0.5) is 5.13 Å². The zero-order valence-electron chi connectivity index (χ0n) is 19.3. The standard InChI is InChI=1S/C26H22N4O3S2/c1-15-21-23(28-20-9-6-12-29(20)24(21)31)35-22(15)25(32)30(14-16-7-4-3-5-8-16)26-27-18-11-10-17(33-2)13-19(18)34-26/h3-5,7-8,10-11,13H,6,9,12,14H2,1-2H3. The van der Waals surface area contributed by atoms with E-state index >= 15 is 0 Å². The van der Waals surface area contributed by atoms with E-state index in [1.54, 1.807) is 16.6 Å². The van der Waals surface area contributed by atoms with Gasteiger partial charge in [0, 0.05) is 13.0 Å². The molecule has 35 heavy (non-hydrogen) atoms. The lowest BCUT2D eigenvalue weighted by atomic mass is 10.2. The van der Waals surface area contributed by atoms with Gasteiger partial charge in [-0.05, 0) is 42.7 Å². The molecule has 1 aliphatic heterocycles. The van der Waals surface area contributed by atoms with E-state index in [0.29, 0.717) is 38.9 Å². The zero-order valence-corrected chi connectivity index (χ0v) is 20.9. The van der Waals surface area contributed by atoms with Crippen molar-refractivity contribution in [2.75, 3.05) is 12.0 Å². The highest BCUT2D eigenvalue weighted by molar-refractivity contribution is 7.23. The maximum absolute atomic E-state index is 14.0. The summed E-state index contributed by atoms with van der Waals surface area (Å²) in [6.45, 7) is 2.90. The largest absolute Gasteiger partial charge is 0.497 e. The maximum Gasteiger partial charge on any atom is 0.270 e. The number of hydrogen-bond donors (Lipinski definition) is 0. The Morgan fingerprint density at radius 2 is 1.97 bits per heavy atom. The lowest BCUT2D eigenvalue weighted by molar-refractivity contribution is 0.0988. The van der Waals surface area contributed by atoms with Crippen molar-refractivity contribution in [3.05, 3.63) is 80.7 Å². The van der Waals surface area contributed by atoms with Crippen LogP contribution in [0.15, 0.2) is 53.3 Å². The van der Waals surface area contributed by atoms with Crippen LogP contribution in [0.3, 0.4) is 0 Å². The number of thiazole rings is 1. The number of amides is 1. The minimum absolute atomic E-state index is 0.0445. The molecule has 0 radical (unpaired) electrons. The Morgan fingerprint density at radius 3 is 2.77 bits per heavy atom. The summed E-state index contributed by atoms with van der Waals surface area (Å²) in [5.74, 6) is 1.38. The van der Waals surface area contributed by atoms with Crippen molar-refractivity contribution >= 4 is 54.1 Å². The van der Waals surface area contributed by atoms with E-state index in [1.807, 2.05) is 55.5 Å². The van der Waals surface area contributed by atoms with E-state index in [1.165, 1.54) is 22.7 Å². The van der Waals surface area contributed by atoms with Gasteiger partial charge in [-0.2, -0.15) is 0 Å². The number of nitrogens with zero attached hydrogens (tertiary/aromatic N) is 4. The number of thiophene rings is 1. The Balaban J connectivity index is 1.48. The Kier molecular flexibility index (Phi) is 5.38. The van der Waals surface area contributed by atoms with Crippen LogP contribution in [0.1, 0.15) is 33.0 Å². The number of rotatable bonds is 5. The molecule has 2 aromatic carbocycles. The fourth-order valence-electron chi connectivity index (χ4n) is 4.53. The number of aryl methyl sites for hydroxylation is 2. The zero-order chi connectivity index (χ0) is 24.1. The van der Waals surface area contributed by atoms with Gasteiger partial charge < -0.3 is 4.74 Å². The van der Waals surface area contributed by atoms with E-state index in [-0.39, 0.29) is 11.5 Å². The van der Waals surface area contributed by atoms with E-state index in [4.69, 9.17) is 14.7 Å². The van der Waals surface area contributed by atoms with E-state index in [0.717, 1.165) is 40.2 Å². The molecule has 0 unspecified atom stereocenters. The summed E-state index contributed by atoms with van der Waals surface area (Å²) in [7, 11) is 1.63. The van der Waals surface area contributed by atoms with Gasteiger partial charge in [0.2, 0.25) is 0 Å². The first-order valence-electron chi connectivity index (χ1n) is 11.4. The number of hydrogen-bond acceptors (Lipinski definition) is 7. The molecular formula is C26H22N4O3S2. The molecule has 0 fully saturated rings. The van der Waals surface area contributed by atoms with Crippen molar-refractivity contribution in [2.24, 2.45) is 0 Å². The molecule has 5 aromatic rings. The smallest absolute Gasteiger partial charge is 0.270 e. The monoisotopic (exact) mass is 502 g/mol. The molecule has 3 aromatic heterocycles. The number of carbonyl (C=O) groups excluding carboxylic acids is 1. The number of ether oxygens (including phenoxy) is 1. The second-order valence-corrected chi connectivity index (χ2v) is 10.5. The van der Waals surface area contributed by atoms with Gasteiger partial charge in [0.1, 0.15) is 16.4 Å². The van der Waals surface area contributed by atoms with Gasteiger partial charge in [-0.15, -0.1) is 11.3 Å². The Hall–Kier alpha value is -3.56. The summed E-state index contributed by atoms with van der Waals surface area (Å²) < 4.78 is 8.05. The van der Waals surface area contributed by atoms with Crippen LogP contribution in [-0.4, -0.2) is 27.6 Å². The summed E-state index contributed by atoms with van der Waals surface area (Å²) in [5.41, 5.74) is 2.45. The molecule has 0 atom stereocenters. The molecule has 0 bridgehead atoms. The van der Waals surface area contributed by atoms with Crippen molar-refractivity contribution in [2.45, 2.75) is 32.9 Å². The van der Waals surface area contributed by atoms with Crippen LogP contribution in [0.25, 0.3) is 20.4 Å². The fourth-order valence-corrected chi connectivity index (χ4v) is 6.66. The summed E-state index contributed by atoms with van der Waals surface area (Å²) in [6, 6.07) is 15.5. The van der Waals surface area contributed by atoms with Crippen LogP contribution in [-0.2, 0) is 19.5 Å². The third kappa shape index (κ3) is 3.71. The number of carbonyl (C=O) groups is 1. The van der Waals surface area contributed by atoms with Crippen molar-refractivity contribution in [3.8, 4) is 5.75 Å². The molecule has 176 valence electrons. The molecule has 0 saturated carbocycles. The van der Waals surface area contributed by atoms with Crippen molar-refractivity contribution in [3.63, 3.8) is 0 Å². The number of anilines is 1. The highest BCUT2D eigenvalue weighted by Gasteiger charge is 2.28. The molecule has 7 nitrogen and oxygen atoms in total. The summed E-state index contributed by atoms with van der Waals surface area (Å²) in [4.78, 5) is 39.6. The summed E-state index contributed by atoms with van der Waals surface area (Å²) in [6.07, 6.45) is 1.72. The highest BCUT2D eigenvalue weighted by atomic mass is 32.1. The molecule has 6 rings (SSSR count). The van der Waals surface area contributed by atoms with Crippen LogP contribution < -0.4 is 15.2 Å². The molecule has 0 aliphatic carbocycles. The molecule has 1 amide bonds. The van der Waals surface area contributed by atoms with Crippen molar-refractivity contribution in [1.82, 2.24) is 14.5 Å². The first kappa shape index (κ1) is 21.9. The van der Waals surface area contributed by atoms with E-state index in [9.17, 15) is 9.59 Å². The molecular weight excluding hydrogens is 480 g/mol. The Labute approximate surface area is 209 Å². The third-order valence-electron chi connectivity index (χ3n) is 6.35. The predicted molar refractivity (Wildman–Crippen MR) is 140 cm³/mol. The molecule has 9 heteroatoms. The van der Waals surface area contributed by atoms with Gasteiger partial charge in [-0.3, -0.25) is 19.1 Å². The first-order valence-corrected chi connectivity index (χ1v) is 13.0. The molecule has 0 spiro atoms. The van der Waals surface area contributed by atoms with Crippen molar-refractivity contribution < 1.29 is 9.53 Å². The van der Waals surface area contributed by atoms with Gasteiger partial charge in [-0.1, -0.05) is 41.7 Å². The average molecular weight is 503 g/mol. The van der Waals surface area contributed by atoms with Crippen LogP contribution in [0.5, 0.6) is 5.75 Å². The second-order valence-electron chi connectivity index (χ2n) is 8.53. The molecule has 4 heterocycles. The van der Waals surface area contributed by atoms with Gasteiger partial charge in [-0.25, -0.2) is 9.97 Å². The second kappa shape index (κ2) is 8.58. The van der Waals surface area contributed by atoms with Crippen LogP contribution >= 0.6 is 22.7 Å². The first-order chi connectivity index (χ1) is 17.0. The summed E-state index contributed by atoms with van der Waals surface area (Å²) in [5, 5.41) is 1.16. The molecule has 0 saturated heterocycles. The quantitative estimate of drug-likeness (QED) is 0.331. The number of benzene rings is 2. The Bertz CT molecular complexity index is 1650. The van der Waals surface area contributed by atoms with Gasteiger partial charge >= 0.3 is 0 Å². The fraction of sp³-hybridized carbons (Fsp3) is 0.231. The van der Waals surface area contributed by atoms with Crippen LogP contribution in [0.2, 0.25) is 0 Å². The number of methoxy groups -OCH3 is 1. The lowest BCUT2D eigenvalue weighted by Gasteiger charge is -2.19. The normalized spacial score (nSPS) is 12.9. The molecule has 0 N–H and O–H groups in total. The minimum atomic E-state index is -0.176. The topological polar surface area (TPSA) is 77.3 Å². The SMILES string of the molecule is COc1ccc2nc(N(Cc3ccccc3)C(=O)c3sc4nc5n(c(=O)c4c3C)CCC5)sc2c1. The van der Waals surface area contributed by atoms with Gasteiger partial charge in [0.25, 0.3) is 11.5 Å².